The van der Waals surface area contributed by atoms with E-state index in [0.717, 1.165) is 0 Å². The molecule has 1 N–H and O–H groups in total. The average molecular weight is 219 g/mol. The van der Waals surface area contributed by atoms with Crippen LogP contribution in [0, 0.1) is 0 Å². The molecule has 0 atom stereocenters. The summed E-state index contributed by atoms with van der Waals surface area (Å²) in [7, 11) is 1.34. The Bertz CT molecular complexity index is 307. The minimum atomic E-state index is -2.25. The Morgan fingerprint density at radius 3 is 2.50 bits per heavy atom. The molecule has 1 saturated heterocycles. The van der Waals surface area contributed by atoms with E-state index in [-0.39, 0.29) is 12.5 Å². The molecule has 1 heterocycles. The van der Waals surface area contributed by atoms with Crippen molar-refractivity contribution in [1.82, 2.24) is 10.2 Å². The summed E-state index contributed by atoms with van der Waals surface area (Å²) in [5, 5.41) is 3.09. The van der Waals surface area contributed by atoms with Gasteiger partial charge in [-0.1, -0.05) is 0 Å². The highest BCUT2D eigenvalue weighted by atomic mass is 32.2. The lowest BCUT2D eigenvalue weighted by Crippen LogP contribution is -2.36. The molecule has 5 nitrogen and oxygen atoms in total. The van der Waals surface area contributed by atoms with E-state index >= 15 is 0 Å². The molecular formula is C8H17N3O2S. The van der Waals surface area contributed by atoms with Gasteiger partial charge in [0.15, 0.2) is 0 Å². The summed E-state index contributed by atoms with van der Waals surface area (Å²) < 4.78 is 15.8. The maximum absolute atomic E-state index is 12.0. The van der Waals surface area contributed by atoms with Crippen molar-refractivity contribution in [3.05, 3.63) is 0 Å². The first kappa shape index (κ1) is 11.6. The van der Waals surface area contributed by atoms with Crippen LogP contribution in [0.5, 0.6) is 0 Å². The van der Waals surface area contributed by atoms with E-state index in [9.17, 15) is 9.00 Å². The molecule has 1 rings (SSSR count). The zero-order valence-corrected chi connectivity index (χ0v) is 9.47. The van der Waals surface area contributed by atoms with Crippen molar-refractivity contribution < 1.29 is 9.00 Å². The topological polar surface area (TPSA) is 61.8 Å². The van der Waals surface area contributed by atoms with Gasteiger partial charge in [-0.3, -0.25) is 4.79 Å². The quantitative estimate of drug-likeness (QED) is 0.657. The third kappa shape index (κ3) is 3.73. The van der Waals surface area contributed by atoms with Gasteiger partial charge >= 0.3 is 0 Å². The predicted molar refractivity (Wildman–Crippen MR) is 56.7 cm³/mol. The molecular weight excluding hydrogens is 202 g/mol. The number of carbonyl (C=O) groups is 1. The van der Waals surface area contributed by atoms with Crippen molar-refractivity contribution in [3.63, 3.8) is 0 Å². The van der Waals surface area contributed by atoms with Crippen LogP contribution in [0.3, 0.4) is 0 Å². The van der Waals surface area contributed by atoms with E-state index in [0.29, 0.717) is 24.6 Å². The number of hydrogen-bond acceptors (Lipinski definition) is 4. The second-order valence-corrected chi connectivity index (χ2v) is 6.20. The minimum Gasteiger partial charge on any atom is -0.315 e. The standard InChI is InChI=1S/C8H17N3O2S/c1-11(2)7-8(12)10-14(13)5-3-9-4-6-14/h9H,3-7H2,1-2H3. The maximum Gasteiger partial charge on any atom is 0.267 e. The van der Waals surface area contributed by atoms with Crippen molar-refractivity contribution in [1.29, 1.82) is 0 Å². The van der Waals surface area contributed by atoms with Crippen LogP contribution in [0.1, 0.15) is 0 Å². The van der Waals surface area contributed by atoms with Gasteiger partial charge in [0.25, 0.3) is 5.91 Å². The summed E-state index contributed by atoms with van der Waals surface area (Å²) in [5.74, 6) is 0.708. The van der Waals surface area contributed by atoms with Crippen LogP contribution in [-0.2, 0) is 14.5 Å². The largest absolute Gasteiger partial charge is 0.315 e. The molecule has 0 radical (unpaired) electrons. The number of hydrogen-bond donors (Lipinski definition) is 1. The fourth-order valence-corrected chi connectivity index (χ4v) is 3.01. The summed E-state index contributed by atoms with van der Waals surface area (Å²) in [6.07, 6.45) is 0. The fraction of sp³-hybridized carbons (Fsp3) is 0.875. The van der Waals surface area contributed by atoms with Crippen LogP contribution in [0.15, 0.2) is 4.36 Å². The van der Waals surface area contributed by atoms with Gasteiger partial charge in [-0.25, -0.2) is 4.21 Å². The molecule has 1 amide bonds. The van der Waals surface area contributed by atoms with Gasteiger partial charge in [0.2, 0.25) is 0 Å². The Hall–Kier alpha value is -0.460. The molecule has 0 aromatic carbocycles. The summed E-state index contributed by atoms with van der Waals surface area (Å²) in [5.41, 5.74) is 0. The molecule has 1 aliphatic rings. The third-order valence-corrected chi connectivity index (χ3v) is 4.14. The van der Waals surface area contributed by atoms with E-state index in [1.54, 1.807) is 19.0 Å². The van der Waals surface area contributed by atoms with Gasteiger partial charge in [0, 0.05) is 24.6 Å². The van der Waals surface area contributed by atoms with Crippen LogP contribution in [0.2, 0.25) is 0 Å². The first-order chi connectivity index (χ1) is 6.52. The zero-order valence-electron chi connectivity index (χ0n) is 8.65. The van der Waals surface area contributed by atoms with Gasteiger partial charge in [0.05, 0.1) is 16.3 Å². The normalized spacial score (nSPS) is 20.8. The SMILES string of the molecule is CN(C)CC(=O)N=S1(=O)CCNCC1. The molecule has 0 aliphatic carbocycles. The number of amides is 1. The zero-order chi connectivity index (χ0) is 10.6. The Labute approximate surface area is 85.0 Å². The van der Waals surface area contributed by atoms with Gasteiger partial charge in [-0.05, 0) is 14.1 Å². The van der Waals surface area contributed by atoms with E-state index in [2.05, 4.69) is 9.68 Å². The monoisotopic (exact) mass is 219 g/mol. The number of rotatable bonds is 2. The Morgan fingerprint density at radius 1 is 1.43 bits per heavy atom. The number of nitrogens with one attached hydrogen (secondary N) is 1. The van der Waals surface area contributed by atoms with E-state index < -0.39 is 9.73 Å². The number of likely N-dealkylation sites (N-methyl/N-ethyl adjacent to an activating group) is 1. The number of nitrogens with zero attached hydrogens (tertiary/aromatic N) is 2. The van der Waals surface area contributed by atoms with Gasteiger partial charge in [-0.2, -0.15) is 4.36 Å². The molecule has 0 unspecified atom stereocenters. The fourth-order valence-electron chi connectivity index (χ4n) is 1.27. The first-order valence-corrected chi connectivity index (χ1v) is 6.48. The Morgan fingerprint density at radius 2 is 2.00 bits per heavy atom. The molecule has 0 spiro atoms. The first-order valence-electron chi connectivity index (χ1n) is 4.63. The molecule has 0 bridgehead atoms. The molecule has 82 valence electrons. The average Bonchev–Trinajstić information content (AvgIpc) is 2.02. The lowest BCUT2D eigenvalue weighted by molar-refractivity contribution is -0.118. The van der Waals surface area contributed by atoms with Crippen LogP contribution in [0.25, 0.3) is 0 Å². The second-order valence-electron chi connectivity index (χ2n) is 3.65. The van der Waals surface area contributed by atoms with Gasteiger partial charge in [0.1, 0.15) is 0 Å². The lowest BCUT2D eigenvalue weighted by Gasteiger charge is -2.16. The summed E-state index contributed by atoms with van der Waals surface area (Å²) >= 11 is 0. The van der Waals surface area contributed by atoms with Crippen LogP contribution in [-0.4, -0.2) is 60.3 Å². The van der Waals surface area contributed by atoms with Crippen LogP contribution < -0.4 is 5.32 Å². The Kier molecular flexibility index (Phi) is 4.03. The van der Waals surface area contributed by atoms with Gasteiger partial charge in [-0.15, -0.1) is 0 Å². The minimum absolute atomic E-state index is 0.240. The van der Waals surface area contributed by atoms with Crippen molar-refractivity contribution >= 4 is 15.6 Å². The highest BCUT2D eigenvalue weighted by Crippen LogP contribution is 2.00. The molecule has 14 heavy (non-hydrogen) atoms. The summed E-state index contributed by atoms with van der Waals surface area (Å²) in [6.45, 7) is 1.62. The van der Waals surface area contributed by atoms with Crippen molar-refractivity contribution in [2.75, 3.05) is 45.2 Å². The smallest absolute Gasteiger partial charge is 0.267 e. The molecule has 0 saturated carbocycles. The van der Waals surface area contributed by atoms with Crippen molar-refractivity contribution in [3.8, 4) is 0 Å². The van der Waals surface area contributed by atoms with E-state index in [1.807, 2.05) is 0 Å². The number of carbonyl (C=O) groups excluding carboxylic acids is 1. The lowest BCUT2D eigenvalue weighted by atomic mass is 10.6. The van der Waals surface area contributed by atoms with Crippen LogP contribution >= 0.6 is 0 Å². The molecule has 0 aromatic rings. The highest BCUT2D eigenvalue weighted by molar-refractivity contribution is 7.94. The predicted octanol–water partition coefficient (Wildman–Crippen LogP) is -0.854. The highest BCUT2D eigenvalue weighted by Gasteiger charge is 2.15. The third-order valence-electron chi connectivity index (χ3n) is 1.92. The van der Waals surface area contributed by atoms with Gasteiger partial charge < -0.3 is 10.2 Å². The summed E-state index contributed by atoms with van der Waals surface area (Å²) in [4.78, 5) is 13.1. The van der Waals surface area contributed by atoms with E-state index in [4.69, 9.17) is 0 Å². The molecule has 1 aliphatic heterocycles. The van der Waals surface area contributed by atoms with E-state index in [1.165, 1.54) is 0 Å². The second kappa shape index (κ2) is 4.86. The summed E-state index contributed by atoms with van der Waals surface area (Å²) in [6, 6.07) is 0. The maximum atomic E-state index is 12.0. The molecule has 1 fully saturated rings. The van der Waals surface area contributed by atoms with Crippen molar-refractivity contribution in [2.24, 2.45) is 4.36 Å². The molecule has 6 heteroatoms. The molecule has 0 aromatic heterocycles. The van der Waals surface area contributed by atoms with Crippen molar-refractivity contribution in [2.45, 2.75) is 0 Å². The Balaban J connectivity index is 2.65. The van der Waals surface area contributed by atoms with Crippen LogP contribution in [0.4, 0.5) is 0 Å².